The zero-order valence-electron chi connectivity index (χ0n) is 13.1. The molecule has 0 bridgehead atoms. The average molecular weight is 291 g/mol. The summed E-state index contributed by atoms with van der Waals surface area (Å²) in [7, 11) is 0. The molecule has 1 N–H and O–H groups in total. The standard InChI is InChI=1S/C19H21N3/c1-3-4-13-19(2)21-15-10-6-5-9-14(15)18-20-16-11-7-8-12-17(16)22(18)19/h5-12,21H,3-4,13H2,1-2H3/t19-/m0/s1. The van der Waals surface area contributed by atoms with E-state index in [4.69, 9.17) is 4.98 Å². The van der Waals surface area contributed by atoms with E-state index in [9.17, 15) is 0 Å². The summed E-state index contributed by atoms with van der Waals surface area (Å²) in [4.78, 5) is 4.92. The molecule has 2 heterocycles. The zero-order chi connectivity index (χ0) is 15.2. The van der Waals surface area contributed by atoms with E-state index in [2.05, 4.69) is 72.3 Å². The molecule has 0 unspecified atom stereocenters. The van der Waals surface area contributed by atoms with Gasteiger partial charge in [-0.2, -0.15) is 0 Å². The highest BCUT2D eigenvalue weighted by Crippen LogP contribution is 2.42. The highest BCUT2D eigenvalue weighted by atomic mass is 15.3. The first kappa shape index (κ1) is 13.4. The Hall–Kier alpha value is -2.29. The van der Waals surface area contributed by atoms with Crippen LogP contribution in [0.5, 0.6) is 0 Å². The van der Waals surface area contributed by atoms with E-state index in [1.807, 2.05) is 0 Å². The highest BCUT2D eigenvalue weighted by Gasteiger charge is 2.35. The van der Waals surface area contributed by atoms with Gasteiger partial charge in [0, 0.05) is 11.3 Å². The van der Waals surface area contributed by atoms with Crippen LogP contribution in [0.2, 0.25) is 0 Å². The van der Waals surface area contributed by atoms with Gasteiger partial charge >= 0.3 is 0 Å². The second-order valence-corrected chi connectivity index (χ2v) is 6.31. The summed E-state index contributed by atoms with van der Waals surface area (Å²) in [5.74, 6) is 1.08. The summed E-state index contributed by atoms with van der Waals surface area (Å²) in [5, 5.41) is 3.77. The van der Waals surface area contributed by atoms with Gasteiger partial charge in [0.1, 0.15) is 11.5 Å². The molecule has 3 aromatic rings. The van der Waals surface area contributed by atoms with Crippen LogP contribution < -0.4 is 5.32 Å². The molecule has 3 heteroatoms. The Morgan fingerprint density at radius 3 is 2.73 bits per heavy atom. The lowest BCUT2D eigenvalue weighted by Crippen LogP contribution is -2.41. The minimum absolute atomic E-state index is 0.129. The number of benzene rings is 2. The van der Waals surface area contributed by atoms with Gasteiger partial charge in [0.2, 0.25) is 0 Å². The predicted molar refractivity (Wildman–Crippen MR) is 92.0 cm³/mol. The van der Waals surface area contributed by atoms with Crippen molar-refractivity contribution in [3.8, 4) is 11.4 Å². The fourth-order valence-corrected chi connectivity index (χ4v) is 3.53. The Kier molecular flexibility index (Phi) is 2.96. The van der Waals surface area contributed by atoms with E-state index >= 15 is 0 Å². The van der Waals surface area contributed by atoms with Gasteiger partial charge < -0.3 is 9.88 Å². The molecule has 112 valence electrons. The number of imidazole rings is 1. The van der Waals surface area contributed by atoms with E-state index in [0.29, 0.717) is 0 Å². The molecule has 0 spiro atoms. The van der Waals surface area contributed by atoms with Crippen molar-refractivity contribution in [2.45, 2.75) is 38.8 Å². The van der Waals surface area contributed by atoms with E-state index in [1.165, 1.54) is 29.6 Å². The smallest absolute Gasteiger partial charge is 0.145 e. The number of anilines is 1. The zero-order valence-corrected chi connectivity index (χ0v) is 13.1. The van der Waals surface area contributed by atoms with Crippen LogP contribution in [-0.4, -0.2) is 9.55 Å². The summed E-state index contributed by atoms with van der Waals surface area (Å²) in [5.41, 5.74) is 4.52. The molecule has 0 aliphatic carbocycles. The van der Waals surface area contributed by atoms with Gasteiger partial charge in [-0.3, -0.25) is 0 Å². The molecule has 0 amide bonds. The number of nitrogens with one attached hydrogen (secondary N) is 1. The maximum Gasteiger partial charge on any atom is 0.145 e. The fourth-order valence-electron chi connectivity index (χ4n) is 3.53. The molecular formula is C19H21N3. The molecule has 4 rings (SSSR count). The number of hydrogen-bond donors (Lipinski definition) is 1. The Morgan fingerprint density at radius 2 is 1.86 bits per heavy atom. The molecule has 2 aromatic carbocycles. The second kappa shape index (κ2) is 4.87. The Balaban J connectivity index is 2.01. The fraction of sp³-hybridized carbons (Fsp3) is 0.316. The van der Waals surface area contributed by atoms with Crippen molar-refractivity contribution in [3.05, 3.63) is 48.5 Å². The summed E-state index contributed by atoms with van der Waals surface area (Å²) in [6.07, 6.45) is 3.48. The first-order valence-electron chi connectivity index (χ1n) is 8.08. The van der Waals surface area contributed by atoms with E-state index < -0.39 is 0 Å². The first-order chi connectivity index (χ1) is 10.7. The van der Waals surface area contributed by atoms with Gasteiger partial charge in [-0.1, -0.05) is 37.6 Å². The average Bonchev–Trinajstić information content (AvgIpc) is 2.94. The van der Waals surface area contributed by atoms with Crippen LogP contribution in [0.3, 0.4) is 0 Å². The van der Waals surface area contributed by atoms with Crippen LogP contribution >= 0.6 is 0 Å². The summed E-state index contributed by atoms with van der Waals surface area (Å²) < 4.78 is 2.39. The van der Waals surface area contributed by atoms with Crippen molar-refractivity contribution in [1.29, 1.82) is 0 Å². The predicted octanol–water partition coefficient (Wildman–Crippen LogP) is 4.99. The van der Waals surface area contributed by atoms with Gasteiger partial charge in [-0.25, -0.2) is 4.98 Å². The van der Waals surface area contributed by atoms with Crippen LogP contribution in [0.25, 0.3) is 22.4 Å². The van der Waals surface area contributed by atoms with Crippen LogP contribution in [0, 0.1) is 0 Å². The number of fused-ring (bicyclic) bond motifs is 5. The topological polar surface area (TPSA) is 29.9 Å². The van der Waals surface area contributed by atoms with Crippen molar-refractivity contribution in [2.75, 3.05) is 5.32 Å². The molecular weight excluding hydrogens is 270 g/mol. The summed E-state index contributed by atoms with van der Waals surface area (Å²) in [6, 6.07) is 16.9. The number of rotatable bonds is 3. The normalized spacial score (nSPS) is 19.5. The second-order valence-electron chi connectivity index (χ2n) is 6.31. The number of hydrogen-bond acceptors (Lipinski definition) is 2. The van der Waals surface area contributed by atoms with Gasteiger partial charge in [-0.15, -0.1) is 0 Å². The monoisotopic (exact) mass is 291 g/mol. The molecule has 22 heavy (non-hydrogen) atoms. The van der Waals surface area contributed by atoms with Crippen LogP contribution in [0.15, 0.2) is 48.5 Å². The lowest BCUT2D eigenvalue weighted by Gasteiger charge is -2.39. The van der Waals surface area contributed by atoms with Crippen molar-refractivity contribution < 1.29 is 0 Å². The minimum atomic E-state index is -0.129. The van der Waals surface area contributed by atoms with E-state index in [0.717, 1.165) is 17.8 Å². The Morgan fingerprint density at radius 1 is 1.09 bits per heavy atom. The Bertz CT molecular complexity index is 834. The lowest BCUT2D eigenvalue weighted by atomic mass is 9.98. The molecule has 1 aliphatic heterocycles. The van der Waals surface area contributed by atoms with Crippen molar-refractivity contribution in [2.24, 2.45) is 0 Å². The molecule has 0 saturated carbocycles. The summed E-state index contributed by atoms with van der Waals surface area (Å²) >= 11 is 0. The van der Waals surface area contributed by atoms with E-state index in [-0.39, 0.29) is 5.66 Å². The van der Waals surface area contributed by atoms with Crippen LogP contribution in [0.1, 0.15) is 33.1 Å². The molecule has 1 aromatic heterocycles. The quantitative estimate of drug-likeness (QED) is 0.736. The molecule has 0 fully saturated rings. The summed E-state index contributed by atoms with van der Waals surface area (Å²) in [6.45, 7) is 4.53. The highest BCUT2D eigenvalue weighted by molar-refractivity contribution is 5.86. The molecule has 0 saturated heterocycles. The largest absolute Gasteiger partial charge is 0.362 e. The van der Waals surface area contributed by atoms with Gasteiger partial charge in [0.25, 0.3) is 0 Å². The third-order valence-corrected chi connectivity index (χ3v) is 4.64. The van der Waals surface area contributed by atoms with Crippen molar-refractivity contribution in [1.82, 2.24) is 9.55 Å². The number of nitrogens with zero attached hydrogens (tertiary/aromatic N) is 2. The van der Waals surface area contributed by atoms with Crippen LogP contribution in [0.4, 0.5) is 5.69 Å². The maximum atomic E-state index is 4.92. The van der Waals surface area contributed by atoms with Crippen molar-refractivity contribution >= 4 is 16.7 Å². The molecule has 3 nitrogen and oxygen atoms in total. The lowest BCUT2D eigenvalue weighted by molar-refractivity contribution is 0.339. The first-order valence-corrected chi connectivity index (χ1v) is 8.08. The third kappa shape index (κ3) is 1.85. The number of aromatic nitrogens is 2. The number of para-hydroxylation sites is 3. The van der Waals surface area contributed by atoms with Crippen LogP contribution in [-0.2, 0) is 5.66 Å². The SMILES string of the molecule is CCCC[C@@]1(C)Nc2ccccc2-c2nc3ccccc3n21. The number of unbranched alkanes of at least 4 members (excludes halogenated alkanes) is 1. The van der Waals surface area contributed by atoms with Gasteiger partial charge in [0.15, 0.2) is 0 Å². The molecule has 0 radical (unpaired) electrons. The molecule has 1 atom stereocenters. The van der Waals surface area contributed by atoms with Gasteiger partial charge in [0.05, 0.1) is 11.0 Å². The van der Waals surface area contributed by atoms with E-state index in [1.54, 1.807) is 0 Å². The minimum Gasteiger partial charge on any atom is -0.362 e. The third-order valence-electron chi connectivity index (χ3n) is 4.64. The molecule has 1 aliphatic rings. The Labute approximate surface area is 131 Å². The maximum absolute atomic E-state index is 4.92. The van der Waals surface area contributed by atoms with Crippen molar-refractivity contribution in [3.63, 3.8) is 0 Å². The van der Waals surface area contributed by atoms with Gasteiger partial charge in [-0.05, 0) is 44.0 Å².